The van der Waals surface area contributed by atoms with E-state index in [1.54, 1.807) is 7.11 Å². The summed E-state index contributed by atoms with van der Waals surface area (Å²) in [7, 11) is 1.59. The third kappa shape index (κ3) is 3.76. The van der Waals surface area contributed by atoms with E-state index in [-0.39, 0.29) is 12.3 Å². The molecule has 2 aromatic carbocycles. The van der Waals surface area contributed by atoms with Crippen LogP contribution in [0.15, 0.2) is 40.9 Å². The van der Waals surface area contributed by atoms with Gasteiger partial charge in [0.25, 0.3) is 0 Å². The summed E-state index contributed by atoms with van der Waals surface area (Å²) in [6.45, 7) is 1.95. The fourth-order valence-electron chi connectivity index (χ4n) is 2.11. The van der Waals surface area contributed by atoms with Crippen molar-refractivity contribution in [3.05, 3.63) is 52.0 Å². The molecule has 0 heterocycles. The predicted molar refractivity (Wildman–Crippen MR) is 88.6 cm³/mol. The summed E-state index contributed by atoms with van der Waals surface area (Å²) in [5.74, 6) is 0.555. The molecule has 3 N–H and O–H groups in total. The van der Waals surface area contributed by atoms with Crippen LogP contribution in [-0.4, -0.2) is 13.0 Å². The number of benzene rings is 2. The molecule has 0 spiro atoms. The van der Waals surface area contributed by atoms with Crippen molar-refractivity contribution >= 4 is 33.2 Å². The highest BCUT2D eigenvalue weighted by atomic mass is 79.9. The molecular formula is C16H17BrN2O2. The van der Waals surface area contributed by atoms with Crippen LogP contribution in [0, 0.1) is 6.92 Å². The van der Waals surface area contributed by atoms with Crippen LogP contribution < -0.4 is 15.8 Å². The fourth-order valence-corrected chi connectivity index (χ4v) is 2.80. The molecule has 0 saturated heterocycles. The summed E-state index contributed by atoms with van der Waals surface area (Å²) >= 11 is 3.42. The zero-order valence-electron chi connectivity index (χ0n) is 11.9. The largest absolute Gasteiger partial charge is 0.496 e. The van der Waals surface area contributed by atoms with Crippen molar-refractivity contribution in [1.82, 2.24) is 0 Å². The van der Waals surface area contributed by atoms with E-state index >= 15 is 0 Å². The van der Waals surface area contributed by atoms with Crippen molar-refractivity contribution in [2.45, 2.75) is 13.3 Å². The molecule has 1 amide bonds. The van der Waals surface area contributed by atoms with E-state index in [0.717, 1.165) is 15.6 Å². The maximum atomic E-state index is 12.2. The monoisotopic (exact) mass is 348 g/mol. The molecule has 110 valence electrons. The number of ether oxygens (including phenoxy) is 1. The normalized spacial score (nSPS) is 10.2. The molecule has 0 unspecified atom stereocenters. The Morgan fingerprint density at radius 3 is 2.71 bits per heavy atom. The Balaban J connectivity index is 2.16. The summed E-state index contributed by atoms with van der Waals surface area (Å²) in [5.41, 5.74) is 8.95. The van der Waals surface area contributed by atoms with Gasteiger partial charge in [-0.1, -0.05) is 18.2 Å². The van der Waals surface area contributed by atoms with Gasteiger partial charge in [0.1, 0.15) is 5.75 Å². The second-order valence-corrected chi connectivity index (χ2v) is 5.60. The quantitative estimate of drug-likeness (QED) is 0.830. The number of halogens is 1. The molecule has 0 aliphatic heterocycles. The molecular weight excluding hydrogens is 332 g/mol. The molecule has 0 aliphatic rings. The van der Waals surface area contributed by atoms with Crippen LogP contribution in [0.4, 0.5) is 11.4 Å². The highest BCUT2D eigenvalue weighted by Gasteiger charge is 2.12. The van der Waals surface area contributed by atoms with Crippen LogP contribution >= 0.6 is 15.9 Å². The van der Waals surface area contributed by atoms with Crippen molar-refractivity contribution in [3.8, 4) is 5.75 Å². The van der Waals surface area contributed by atoms with E-state index in [1.165, 1.54) is 0 Å². The minimum atomic E-state index is -0.143. The number of aryl methyl sites for hydroxylation is 1. The number of anilines is 2. The van der Waals surface area contributed by atoms with Crippen LogP contribution in [0.2, 0.25) is 0 Å². The van der Waals surface area contributed by atoms with Gasteiger partial charge in [-0.25, -0.2) is 0 Å². The minimum absolute atomic E-state index is 0.143. The van der Waals surface area contributed by atoms with E-state index in [9.17, 15) is 4.79 Å². The molecule has 21 heavy (non-hydrogen) atoms. The first kappa shape index (κ1) is 15.4. The Bertz CT molecular complexity index is 648. The van der Waals surface area contributed by atoms with Crippen molar-refractivity contribution in [2.24, 2.45) is 0 Å². The van der Waals surface area contributed by atoms with Crippen molar-refractivity contribution in [2.75, 3.05) is 18.2 Å². The number of hydrogen-bond acceptors (Lipinski definition) is 3. The van der Waals surface area contributed by atoms with Gasteiger partial charge >= 0.3 is 0 Å². The summed E-state index contributed by atoms with van der Waals surface area (Å²) in [6, 6.07) is 11.2. The lowest BCUT2D eigenvalue weighted by Gasteiger charge is -2.12. The number of methoxy groups -OCH3 is 1. The smallest absolute Gasteiger partial charge is 0.229 e. The number of nitrogens with two attached hydrogens (primary N) is 1. The summed E-state index contributed by atoms with van der Waals surface area (Å²) in [6.07, 6.45) is 0.226. The molecule has 0 fully saturated rings. The Labute approximate surface area is 132 Å². The Morgan fingerprint density at radius 2 is 2.05 bits per heavy atom. The molecule has 2 aromatic rings. The lowest BCUT2D eigenvalue weighted by Crippen LogP contribution is -2.16. The molecule has 2 rings (SSSR count). The number of carbonyl (C=O) groups excluding carboxylic acids is 1. The first-order valence-electron chi connectivity index (χ1n) is 6.48. The minimum Gasteiger partial charge on any atom is -0.496 e. The van der Waals surface area contributed by atoms with Gasteiger partial charge < -0.3 is 15.8 Å². The molecule has 0 saturated carbocycles. The van der Waals surface area contributed by atoms with Crippen molar-refractivity contribution in [3.63, 3.8) is 0 Å². The summed E-state index contributed by atoms with van der Waals surface area (Å²) in [5, 5.41) is 2.84. The van der Waals surface area contributed by atoms with Crippen LogP contribution in [-0.2, 0) is 11.2 Å². The second-order valence-electron chi connectivity index (χ2n) is 4.75. The van der Waals surface area contributed by atoms with E-state index in [1.807, 2.05) is 43.3 Å². The Hall–Kier alpha value is -2.01. The predicted octanol–water partition coefficient (Wildman–Crippen LogP) is 3.53. The molecule has 0 bridgehead atoms. The van der Waals surface area contributed by atoms with E-state index in [4.69, 9.17) is 10.5 Å². The van der Waals surface area contributed by atoms with Gasteiger partial charge in [-0.15, -0.1) is 0 Å². The van der Waals surface area contributed by atoms with E-state index < -0.39 is 0 Å². The van der Waals surface area contributed by atoms with Gasteiger partial charge in [0, 0.05) is 10.0 Å². The lowest BCUT2D eigenvalue weighted by molar-refractivity contribution is -0.115. The maximum absolute atomic E-state index is 12.2. The van der Waals surface area contributed by atoms with Crippen LogP contribution in [0.25, 0.3) is 0 Å². The highest BCUT2D eigenvalue weighted by molar-refractivity contribution is 9.10. The van der Waals surface area contributed by atoms with Gasteiger partial charge in [-0.2, -0.15) is 0 Å². The van der Waals surface area contributed by atoms with E-state index in [2.05, 4.69) is 21.2 Å². The van der Waals surface area contributed by atoms with Gasteiger partial charge in [0.05, 0.1) is 24.9 Å². The van der Waals surface area contributed by atoms with Crippen molar-refractivity contribution in [1.29, 1.82) is 0 Å². The Kier molecular flexibility index (Phi) is 4.85. The summed E-state index contributed by atoms with van der Waals surface area (Å²) in [4.78, 5) is 12.2. The number of nitrogen functional groups attached to an aromatic ring is 1. The molecule has 0 aliphatic carbocycles. The number of carbonyl (C=O) groups is 1. The zero-order valence-corrected chi connectivity index (χ0v) is 13.5. The number of nitrogens with one attached hydrogen (secondary N) is 1. The van der Waals surface area contributed by atoms with Gasteiger partial charge in [-0.3, -0.25) is 4.79 Å². The molecule has 4 nitrogen and oxygen atoms in total. The number of para-hydroxylation sites is 1. The number of hydrogen-bond donors (Lipinski definition) is 2. The average Bonchev–Trinajstić information content (AvgIpc) is 2.43. The highest BCUT2D eigenvalue weighted by Crippen LogP contribution is 2.30. The number of amides is 1. The van der Waals surface area contributed by atoms with E-state index in [0.29, 0.717) is 17.1 Å². The molecule has 0 radical (unpaired) electrons. The zero-order chi connectivity index (χ0) is 15.4. The SMILES string of the molecule is COc1ccccc1CC(=O)Nc1c(N)cc(C)cc1Br. The Morgan fingerprint density at radius 1 is 1.33 bits per heavy atom. The molecule has 5 heteroatoms. The van der Waals surface area contributed by atoms with Crippen LogP contribution in [0.3, 0.4) is 0 Å². The topological polar surface area (TPSA) is 64.3 Å². The third-order valence-corrected chi connectivity index (χ3v) is 3.70. The third-order valence-electron chi connectivity index (χ3n) is 3.07. The average molecular weight is 349 g/mol. The summed E-state index contributed by atoms with van der Waals surface area (Å²) < 4.78 is 6.02. The van der Waals surface area contributed by atoms with Crippen LogP contribution in [0.5, 0.6) is 5.75 Å². The van der Waals surface area contributed by atoms with Gasteiger partial charge in [0.15, 0.2) is 0 Å². The number of rotatable bonds is 4. The van der Waals surface area contributed by atoms with Crippen molar-refractivity contribution < 1.29 is 9.53 Å². The molecule has 0 aromatic heterocycles. The fraction of sp³-hybridized carbons (Fsp3) is 0.188. The van der Waals surface area contributed by atoms with Gasteiger partial charge in [0.2, 0.25) is 5.91 Å². The van der Waals surface area contributed by atoms with Gasteiger partial charge in [-0.05, 0) is 46.6 Å². The lowest BCUT2D eigenvalue weighted by atomic mass is 10.1. The first-order valence-corrected chi connectivity index (χ1v) is 7.28. The van der Waals surface area contributed by atoms with Crippen LogP contribution in [0.1, 0.15) is 11.1 Å². The molecule has 0 atom stereocenters. The first-order chi connectivity index (χ1) is 10.0. The standard InChI is InChI=1S/C16H17BrN2O2/c1-10-7-12(17)16(13(18)8-10)19-15(20)9-11-5-3-4-6-14(11)21-2/h3-8H,9,18H2,1-2H3,(H,19,20). The second kappa shape index (κ2) is 6.63. The maximum Gasteiger partial charge on any atom is 0.229 e.